The van der Waals surface area contributed by atoms with E-state index in [0.717, 1.165) is 54.7 Å². The number of carbonyl (C=O) groups is 1. The molecule has 5 heteroatoms. The summed E-state index contributed by atoms with van der Waals surface area (Å²) in [5.41, 5.74) is 2.77. The second kappa shape index (κ2) is 11.5. The highest BCUT2D eigenvalue weighted by atomic mass is 16.5. The number of aryl methyl sites for hydroxylation is 1. The van der Waals surface area contributed by atoms with Crippen molar-refractivity contribution in [1.29, 1.82) is 0 Å². The lowest BCUT2D eigenvalue weighted by molar-refractivity contribution is -0.161. The topological polar surface area (TPSA) is 65.0 Å². The standard InChI is InChI=1S/C34H54O5/c1-22(14-15-24-19-25(37-10)18-23(2)29(24)38-11)17-26(39-30(36)31(3,4)5)20-33(8)21-27-28(35)13-12-16-34(33,9)32(27,6)7/h14,18-19,26-28,35H,12-13,15-17,20-21H2,1-11H3/b22-14+/t26-,27+,28-,33-,34-/m1/s1. The Bertz CT molecular complexity index is 1060. The van der Waals surface area contributed by atoms with Gasteiger partial charge in [-0.2, -0.15) is 0 Å². The largest absolute Gasteiger partial charge is 0.497 e. The maximum absolute atomic E-state index is 13.1. The molecule has 1 aromatic rings. The quantitative estimate of drug-likeness (QED) is 0.254. The normalized spacial score (nSPS) is 29.5. The van der Waals surface area contributed by atoms with Gasteiger partial charge in [0.25, 0.3) is 0 Å². The summed E-state index contributed by atoms with van der Waals surface area (Å²) in [7, 11) is 3.39. The number of hydrogen-bond donors (Lipinski definition) is 1. The first-order valence-corrected chi connectivity index (χ1v) is 14.8. The molecule has 0 unspecified atom stereocenters. The number of rotatable bonds is 9. The van der Waals surface area contributed by atoms with Gasteiger partial charge in [0.15, 0.2) is 0 Å². The summed E-state index contributed by atoms with van der Waals surface area (Å²) in [4.78, 5) is 13.1. The van der Waals surface area contributed by atoms with Crippen LogP contribution in [0.25, 0.3) is 0 Å². The minimum Gasteiger partial charge on any atom is -0.497 e. The van der Waals surface area contributed by atoms with E-state index >= 15 is 0 Å². The van der Waals surface area contributed by atoms with Gasteiger partial charge in [0.05, 0.1) is 25.7 Å². The molecule has 39 heavy (non-hydrogen) atoms. The van der Waals surface area contributed by atoms with Gasteiger partial charge in [0.2, 0.25) is 0 Å². The fourth-order valence-corrected chi connectivity index (χ4v) is 7.65. The number of hydrogen-bond acceptors (Lipinski definition) is 5. The van der Waals surface area contributed by atoms with E-state index in [2.05, 4.69) is 40.7 Å². The minimum atomic E-state index is -0.565. The van der Waals surface area contributed by atoms with Crippen molar-refractivity contribution >= 4 is 5.97 Å². The van der Waals surface area contributed by atoms with E-state index in [4.69, 9.17) is 14.2 Å². The summed E-state index contributed by atoms with van der Waals surface area (Å²) >= 11 is 0. The molecule has 2 bridgehead atoms. The number of esters is 1. The van der Waals surface area contributed by atoms with Crippen LogP contribution in [0.4, 0.5) is 0 Å². The molecule has 0 aromatic heterocycles. The van der Waals surface area contributed by atoms with Crippen LogP contribution in [0.3, 0.4) is 0 Å². The maximum atomic E-state index is 13.1. The number of methoxy groups -OCH3 is 2. The zero-order valence-electron chi connectivity index (χ0n) is 26.5. The third kappa shape index (κ3) is 6.19. The first-order chi connectivity index (χ1) is 18.0. The molecule has 0 aliphatic heterocycles. The number of aliphatic hydroxyl groups is 1. The molecule has 5 atom stereocenters. The van der Waals surface area contributed by atoms with Gasteiger partial charge < -0.3 is 19.3 Å². The fourth-order valence-electron chi connectivity index (χ4n) is 7.65. The summed E-state index contributed by atoms with van der Waals surface area (Å²) in [5, 5.41) is 11.1. The van der Waals surface area contributed by atoms with Crippen molar-refractivity contribution in [3.63, 3.8) is 0 Å². The van der Waals surface area contributed by atoms with Crippen molar-refractivity contribution in [3.05, 3.63) is 34.9 Å². The number of benzene rings is 1. The summed E-state index contributed by atoms with van der Waals surface area (Å²) in [6.45, 7) is 19.4. The van der Waals surface area contributed by atoms with Crippen LogP contribution in [0.1, 0.15) is 105 Å². The average molecular weight is 543 g/mol. The molecule has 0 spiro atoms. The molecule has 5 nitrogen and oxygen atoms in total. The molecule has 2 aliphatic carbocycles. The Morgan fingerprint density at radius 3 is 2.41 bits per heavy atom. The second-order valence-electron chi connectivity index (χ2n) is 14.5. The average Bonchev–Trinajstić information content (AvgIpc) is 2.92. The van der Waals surface area contributed by atoms with Gasteiger partial charge in [0.1, 0.15) is 17.6 Å². The summed E-state index contributed by atoms with van der Waals surface area (Å²) in [6, 6.07) is 4.02. The number of allylic oxidation sites excluding steroid dienone is 1. The molecule has 0 radical (unpaired) electrons. The number of carbonyl (C=O) groups excluding carboxylic acids is 1. The van der Waals surface area contributed by atoms with Crippen LogP contribution in [-0.4, -0.2) is 37.5 Å². The van der Waals surface area contributed by atoms with Crippen LogP contribution in [0.5, 0.6) is 11.5 Å². The highest BCUT2D eigenvalue weighted by Crippen LogP contribution is 2.71. The molecular formula is C34H54O5. The van der Waals surface area contributed by atoms with Gasteiger partial charge in [-0.3, -0.25) is 4.79 Å². The van der Waals surface area contributed by atoms with E-state index in [9.17, 15) is 9.90 Å². The SMILES string of the molecule is COc1cc(C)c(OC)c(C/C=C(\C)C[C@H](C[C@]2(C)C[C@H]3[C@H](O)CCC[C@]2(C)C3(C)C)OC(=O)C(C)(C)C)c1. The van der Waals surface area contributed by atoms with E-state index < -0.39 is 5.41 Å². The fraction of sp³-hybridized carbons (Fsp3) is 0.735. The summed E-state index contributed by atoms with van der Waals surface area (Å²) in [6.07, 6.45) is 7.92. The highest BCUT2D eigenvalue weighted by molar-refractivity contribution is 5.75. The van der Waals surface area contributed by atoms with Crippen molar-refractivity contribution in [2.45, 2.75) is 119 Å². The Morgan fingerprint density at radius 1 is 1.15 bits per heavy atom. The number of fused-ring (bicyclic) bond motifs is 2. The Labute approximate surface area is 237 Å². The molecule has 2 aliphatic rings. The summed E-state index contributed by atoms with van der Waals surface area (Å²) < 4.78 is 17.5. The first kappa shape index (κ1) is 31.5. The highest BCUT2D eigenvalue weighted by Gasteiger charge is 2.65. The van der Waals surface area contributed by atoms with Crippen molar-refractivity contribution in [2.75, 3.05) is 14.2 Å². The van der Waals surface area contributed by atoms with Crippen LogP contribution < -0.4 is 9.47 Å². The molecule has 220 valence electrons. The third-order valence-electron chi connectivity index (χ3n) is 10.5. The molecule has 2 fully saturated rings. The predicted molar refractivity (Wildman–Crippen MR) is 158 cm³/mol. The third-order valence-corrected chi connectivity index (χ3v) is 10.5. The van der Waals surface area contributed by atoms with E-state index in [1.54, 1.807) is 14.2 Å². The molecule has 0 saturated heterocycles. The van der Waals surface area contributed by atoms with Gasteiger partial charge in [-0.15, -0.1) is 0 Å². The van der Waals surface area contributed by atoms with E-state index in [-0.39, 0.29) is 40.3 Å². The van der Waals surface area contributed by atoms with Crippen LogP contribution >= 0.6 is 0 Å². The first-order valence-electron chi connectivity index (χ1n) is 14.8. The van der Waals surface area contributed by atoms with Crippen LogP contribution in [0, 0.1) is 34.5 Å². The Hall–Kier alpha value is -2.01. The van der Waals surface area contributed by atoms with Crippen molar-refractivity contribution in [1.82, 2.24) is 0 Å². The number of aliphatic hydroxyl groups excluding tert-OH is 1. The van der Waals surface area contributed by atoms with Crippen LogP contribution in [0.2, 0.25) is 0 Å². The van der Waals surface area contributed by atoms with E-state index in [1.165, 1.54) is 5.57 Å². The molecule has 0 amide bonds. The maximum Gasteiger partial charge on any atom is 0.311 e. The van der Waals surface area contributed by atoms with Crippen molar-refractivity contribution < 1.29 is 24.1 Å². The minimum absolute atomic E-state index is 0.0158. The predicted octanol–water partition coefficient (Wildman–Crippen LogP) is 7.84. The zero-order chi connectivity index (χ0) is 29.4. The van der Waals surface area contributed by atoms with Crippen LogP contribution in [0.15, 0.2) is 23.8 Å². The van der Waals surface area contributed by atoms with Gasteiger partial charge in [-0.25, -0.2) is 0 Å². The second-order valence-corrected chi connectivity index (χ2v) is 14.5. The summed E-state index contributed by atoms with van der Waals surface area (Å²) in [5.74, 6) is 1.80. The monoisotopic (exact) mass is 542 g/mol. The molecule has 3 rings (SSSR count). The van der Waals surface area contributed by atoms with Gasteiger partial charge in [0, 0.05) is 12.0 Å². The van der Waals surface area contributed by atoms with Crippen molar-refractivity contribution in [2.24, 2.45) is 27.6 Å². The van der Waals surface area contributed by atoms with E-state index in [0.29, 0.717) is 12.8 Å². The molecule has 1 aromatic carbocycles. The zero-order valence-corrected chi connectivity index (χ0v) is 26.5. The molecule has 1 N–H and O–H groups in total. The van der Waals surface area contributed by atoms with E-state index in [1.807, 2.05) is 39.8 Å². The van der Waals surface area contributed by atoms with Gasteiger partial charge in [-0.1, -0.05) is 45.8 Å². The number of ether oxygens (including phenoxy) is 3. The van der Waals surface area contributed by atoms with Gasteiger partial charge in [-0.05, 0) is 107 Å². The lowest BCUT2D eigenvalue weighted by atomic mass is 9.55. The smallest absolute Gasteiger partial charge is 0.311 e. The van der Waals surface area contributed by atoms with Crippen LogP contribution in [-0.2, 0) is 16.0 Å². The lowest BCUT2D eigenvalue weighted by Gasteiger charge is -2.50. The molecule has 0 heterocycles. The van der Waals surface area contributed by atoms with Gasteiger partial charge >= 0.3 is 5.97 Å². The van der Waals surface area contributed by atoms with Crippen molar-refractivity contribution in [3.8, 4) is 11.5 Å². The molecule has 2 saturated carbocycles. The molecular weight excluding hydrogens is 488 g/mol. The Kier molecular flexibility index (Phi) is 9.27. The lowest BCUT2D eigenvalue weighted by Crippen LogP contribution is -2.44. The Morgan fingerprint density at radius 2 is 1.82 bits per heavy atom. The Balaban J connectivity index is 1.89.